The predicted octanol–water partition coefficient (Wildman–Crippen LogP) is 3.55. The Bertz CT molecular complexity index is 1440. The number of hydrogen-bond donors (Lipinski definition) is 1. The van der Waals surface area contributed by atoms with E-state index in [0.717, 1.165) is 29.2 Å². The maximum atomic E-state index is 13.4. The SMILES string of the molecule is CC(C)(C)OC(=O)N1C[C@H](c2cc(F)cc(F)c2)CC1C#N.CC(C)(C)OC(=O)N1C[C@H](c2cc(F)cc(F)c2)CC1C(=O)O.[Na+].[OH-]. The van der Waals surface area contributed by atoms with E-state index in [-0.39, 0.29) is 60.5 Å². The van der Waals surface area contributed by atoms with Crippen LogP contribution in [-0.2, 0) is 14.3 Å². The van der Waals surface area contributed by atoms with Gasteiger partial charge in [0.2, 0.25) is 0 Å². The Balaban J connectivity index is 0.000000451. The number of carboxylic acids is 1. The second kappa shape index (κ2) is 16.6. The van der Waals surface area contributed by atoms with Crippen LogP contribution in [0.5, 0.6) is 0 Å². The molecule has 10 nitrogen and oxygen atoms in total. The minimum Gasteiger partial charge on any atom is -0.870 e. The number of likely N-dealkylation sites (tertiary alicyclic amines) is 2. The first-order valence-corrected chi connectivity index (χ1v) is 14.3. The molecule has 2 heterocycles. The second-order valence-electron chi connectivity index (χ2n) is 13.0. The zero-order valence-electron chi connectivity index (χ0n) is 27.4. The quantitative estimate of drug-likeness (QED) is 0.384. The van der Waals surface area contributed by atoms with Crippen LogP contribution in [0.1, 0.15) is 77.3 Å². The van der Waals surface area contributed by atoms with Crippen molar-refractivity contribution in [2.24, 2.45) is 0 Å². The zero-order valence-corrected chi connectivity index (χ0v) is 29.4. The van der Waals surface area contributed by atoms with E-state index in [1.165, 1.54) is 17.0 Å². The molecule has 0 radical (unpaired) electrons. The van der Waals surface area contributed by atoms with Crippen molar-refractivity contribution in [1.29, 1.82) is 5.26 Å². The molecule has 2 aromatic rings. The van der Waals surface area contributed by atoms with E-state index in [9.17, 15) is 42.3 Å². The smallest absolute Gasteiger partial charge is 0.870 e. The summed E-state index contributed by atoms with van der Waals surface area (Å²) in [5, 5.41) is 18.5. The number of carbonyl (C=O) groups is 3. The van der Waals surface area contributed by atoms with Crippen molar-refractivity contribution in [3.05, 3.63) is 70.8 Å². The van der Waals surface area contributed by atoms with Gasteiger partial charge in [-0.2, -0.15) is 5.26 Å². The van der Waals surface area contributed by atoms with Crippen molar-refractivity contribution >= 4 is 18.2 Å². The van der Waals surface area contributed by atoms with E-state index in [0.29, 0.717) is 17.5 Å². The molecule has 4 rings (SSSR count). The number of nitriles is 1. The largest absolute Gasteiger partial charge is 1.00 e. The number of benzene rings is 2. The van der Waals surface area contributed by atoms with E-state index in [2.05, 4.69) is 0 Å². The van der Waals surface area contributed by atoms with Crippen LogP contribution in [0.25, 0.3) is 0 Å². The first-order chi connectivity index (χ1) is 20.8. The fourth-order valence-electron chi connectivity index (χ4n) is 5.18. The molecule has 2 saturated heterocycles. The molecule has 2 unspecified atom stereocenters. The maximum absolute atomic E-state index is 13.4. The molecular weight excluding hydrogens is 637 g/mol. The van der Waals surface area contributed by atoms with E-state index >= 15 is 0 Å². The number of hydrogen-bond acceptors (Lipinski definition) is 7. The van der Waals surface area contributed by atoms with Gasteiger partial charge in [-0.15, -0.1) is 0 Å². The van der Waals surface area contributed by atoms with Crippen LogP contribution in [0.4, 0.5) is 27.2 Å². The minimum atomic E-state index is -1.17. The minimum absolute atomic E-state index is 0. The second-order valence-corrected chi connectivity index (χ2v) is 13.0. The van der Waals surface area contributed by atoms with Crippen molar-refractivity contribution in [3.8, 4) is 6.07 Å². The maximum Gasteiger partial charge on any atom is 1.00 e. The summed E-state index contributed by atoms with van der Waals surface area (Å²) >= 11 is 0. The molecule has 2 fully saturated rings. The van der Waals surface area contributed by atoms with Gasteiger partial charge in [0.05, 0.1) is 6.07 Å². The normalized spacial score (nSPS) is 20.5. The molecule has 0 saturated carbocycles. The van der Waals surface area contributed by atoms with Crippen molar-refractivity contribution in [3.63, 3.8) is 0 Å². The van der Waals surface area contributed by atoms with Crippen LogP contribution in [0.15, 0.2) is 36.4 Å². The Morgan fingerprint density at radius 3 is 1.47 bits per heavy atom. The van der Waals surface area contributed by atoms with Gasteiger partial charge in [0, 0.05) is 37.1 Å². The number of rotatable bonds is 3. The van der Waals surface area contributed by atoms with Crippen molar-refractivity contribution in [2.45, 2.75) is 89.5 Å². The molecular formula is C32H38F4N3NaO7. The molecule has 15 heteroatoms. The van der Waals surface area contributed by atoms with Gasteiger partial charge in [-0.1, -0.05) is 0 Å². The fraction of sp³-hybridized carbons (Fsp3) is 0.500. The molecule has 47 heavy (non-hydrogen) atoms. The molecule has 0 aliphatic carbocycles. The third kappa shape index (κ3) is 12.0. The van der Waals surface area contributed by atoms with E-state index in [1.807, 2.05) is 6.07 Å². The molecule has 2 aliphatic heterocycles. The first kappa shape index (κ1) is 41.6. The Morgan fingerprint density at radius 1 is 0.745 bits per heavy atom. The van der Waals surface area contributed by atoms with Crippen LogP contribution in [0.3, 0.4) is 0 Å². The Kier molecular flexibility index (Phi) is 14.7. The van der Waals surface area contributed by atoms with E-state index < -0.39 is 70.6 Å². The summed E-state index contributed by atoms with van der Waals surface area (Å²) < 4.78 is 63.8. The molecule has 0 spiro atoms. The van der Waals surface area contributed by atoms with Gasteiger partial charge in [0.25, 0.3) is 0 Å². The number of nitrogens with zero attached hydrogens (tertiary/aromatic N) is 3. The summed E-state index contributed by atoms with van der Waals surface area (Å²) in [6.45, 7) is 10.5. The third-order valence-electron chi connectivity index (χ3n) is 7.00. The van der Waals surface area contributed by atoms with Crippen molar-refractivity contribution in [1.82, 2.24) is 9.80 Å². The molecule has 252 valence electrons. The van der Waals surface area contributed by atoms with Gasteiger partial charge in [-0.25, -0.2) is 31.9 Å². The molecule has 4 atom stereocenters. The van der Waals surface area contributed by atoms with Gasteiger partial charge in [0.1, 0.15) is 46.6 Å². The molecule has 0 bridgehead atoms. The van der Waals surface area contributed by atoms with Gasteiger partial charge in [-0.05, 0) is 89.8 Å². The van der Waals surface area contributed by atoms with Gasteiger partial charge < -0.3 is 20.1 Å². The first-order valence-electron chi connectivity index (χ1n) is 14.3. The Morgan fingerprint density at radius 2 is 1.11 bits per heavy atom. The summed E-state index contributed by atoms with van der Waals surface area (Å²) in [5.74, 6) is -4.73. The van der Waals surface area contributed by atoms with E-state index in [1.54, 1.807) is 41.5 Å². The topological polar surface area (TPSA) is 150 Å². The molecule has 0 aromatic heterocycles. The predicted molar refractivity (Wildman–Crippen MR) is 156 cm³/mol. The summed E-state index contributed by atoms with van der Waals surface area (Å²) in [4.78, 5) is 38.1. The zero-order chi connectivity index (χ0) is 33.9. The van der Waals surface area contributed by atoms with Crippen LogP contribution >= 0.6 is 0 Å². The van der Waals surface area contributed by atoms with Gasteiger partial charge in [0.15, 0.2) is 0 Å². The monoisotopic (exact) mass is 675 g/mol. The van der Waals surface area contributed by atoms with Crippen LogP contribution < -0.4 is 29.6 Å². The number of amides is 2. The van der Waals surface area contributed by atoms with E-state index in [4.69, 9.17) is 9.47 Å². The van der Waals surface area contributed by atoms with Crippen LogP contribution in [-0.4, -0.2) is 74.9 Å². The molecule has 2 amide bonds. The standard InChI is InChI=1S/C16H18F2N2O2.C16H19F2NO4.Na.H2O/c1-16(2,3)22-15(21)20-9-11(6-14(20)8-19)10-4-12(17)7-13(18)5-10;1-16(2,3)23-15(22)19-8-10(6-13(19)14(20)21)9-4-11(17)7-12(18)5-9;;/h4-5,7,11,14H,6,9H2,1-3H3;4-5,7,10,13H,6,8H2,1-3H3,(H,20,21);;1H2/q;;+1;/p-1/t11-,14?;10-,13?;;/m11../s1. The Labute approximate surface area is 293 Å². The number of carbonyl (C=O) groups excluding carboxylic acids is 2. The van der Waals surface area contributed by atoms with Crippen LogP contribution in [0, 0.1) is 34.6 Å². The summed E-state index contributed by atoms with van der Waals surface area (Å²) in [6, 6.07) is 6.64. The van der Waals surface area contributed by atoms with Gasteiger partial charge >= 0.3 is 47.7 Å². The average Bonchev–Trinajstić information content (AvgIpc) is 3.52. The third-order valence-corrected chi connectivity index (χ3v) is 7.00. The van der Waals surface area contributed by atoms with Gasteiger partial charge in [-0.3, -0.25) is 9.80 Å². The fourth-order valence-corrected chi connectivity index (χ4v) is 5.18. The molecule has 2 N–H and O–H groups in total. The Hall–Kier alpha value is -3.38. The summed E-state index contributed by atoms with van der Waals surface area (Å²) in [7, 11) is 0. The summed E-state index contributed by atoms with van der Waals surface area (Å²) in [5.41, 5.74) is -0.646. The number of halogens is 4. The molecule has 2 aliphatic rings. The average molecular weight is 676 g/mol. The van der Waals surface area contributed by atoms with Crippen molar-refractivity contribution in [2.75, 3.05) is 13.1 Å². The molecule has 2 aromatic carbocycles. The number of ether oxygens (including phenoxy) is 2. The van der Waals surface area contributed by atoms with Crippen molar-refractivity contribution < 1.29 is 81.6 Å². The number of carboxylic acid groups (broad SMARTS) is 1. The van der Waals surface area contributed by atoms with Crippen LogP contribution in [0.2, 0.25) is 0 Å². The summed E-state index contributed by atoms with van der Waals surface area (Å²) in [6.07, 6.45) is -0.918. The number of aliphatic carboxylic acids is 1.